The summed E-state index contributed by atoms with van der Waals surface area (Å²) >= 11 is 0. The first kappa shape index (κ1) is 12.9. The van der Waals surface area contributed by atoms with Crippen molar-refractivity contribution >= 4 is 11.8 Å². The predicted octanol–water partition coefficient (Wildman–Crippen LogP) is -1.60. The third kappa shape index (κ3) is 3.79. The molecule has 0 aliphatic carbocycles. The Morgan fingerprint density at radius 1 is 1.38 bits per heavy atom. The smallest absolute Gasteiger partial charge is 0.234 e. The molecule has 0 aromatic heterocycles. The monoisotopic (exact) mass is 228 g/mol. The SMILES string of the molecule is NCCNC(=O)CN1CCCCC1C(N)=O. The number of nitrogens with two attached hydrogens (primary N) is 2. The van der Waals surface area contributed by atoms with E-state index in [2.05, 4.69) is 5.32 Å². The zero-order valence-electron chi connectivity index (χ0n) is 9.45. The van der Waals surface area contributed by atoms with Crippen molar-refractivity contribution in [2.75, 3.05) is 26.2 Å². The van der Waals surface area contributed by atoms with Crippen molar-refractivity contribution in [1.29, 1.82) is 0 Å². The van der Waals surface area contributed by atoms with Gasteiger partial charge in [-0.1, -0.05) is 6.42 Å². The van der Waals surface area contributed by atoms with Gasteiger partial charge in [0.2, 0.25) is 11.8 Å². The van der Waals surface area contributed by atoms with E-state index in [9.17, 15) is 9.59 Å². The number of likely N-dealkylation sites (tertiary alicyclic amines) is 1. The Morgan fingerprint density at radius 2 is 2.12 bits per heavy atom. The van der Waals surface area contributed by atoms with Gasteiger partial charge in [-0.25, -0.2) is 0 Å². The van der Waals surface area contributed by atoms with Crippen molar-refractivity contribution in [3.8, 4) is 0 Å². The lowest BCUT2D eigenvalue weighted by molar-refractivity contribution is -0.128. The summed E-state index contributed by atoms with van der Waals surface area (Å²) in [5.41, 5.74) is 10.6. The highest BCUT2D eigenvalue weighted by molar-refractivity contribution is 5.82. The molecule has 0 radical (unpaired) electrons. The number of nitrogens with one attached hydrogen (secondary N) is 1. The number of carbonyl (C=O) groups is 2. The van der Waals surface area contributed by atoms with Crippen molar-refractivity contribution in [3.05, 3.63) is 0 Å². The molecule has 2 amide bonds. The van der Waals surface area contributed by atoms with Crippen LogP contribution in [0, 0.1) is 0 Å². The van der Waals surface area contributed by atoms with E-state index in [1.165, 1.54) is 0 Å². The normalized spacial score (nSPS) is 21.7. The van der Waals surface area contributed by atoms with Gasteiger partial charge in [-0.3, -0.25) is 14.5 Å². The lowest BCUT2D eigenvalue weighted by atomic mass is 10.0. The second kappa shape index (κ2) is 6.44. The van der Waals surface area contributed by atoms with Crippen LogP contribution >= 0.6 is 0 Å². The molecule has 0 spiro atoms. The molecule has 1 heterocycles. The Bertz CT molecular complexity index is 257. The van der Waals surface area contributed by atoms with Crippen molar-refractivity contribution in [2.24, 2.45) is 11.5 Å². The summed E-state index contributed by atoms with van der Waals surface area (Å²) < 4.78 is 0. The van der Waals surface area contributed by atoms with E-state index in [0.717, 1.165) is 25.8 Å². The molecule has 1 aliphatic rings. The van der Waals surface area contributed by atoms with E-state index in [4.69, 9.17) is 11.5 Å². The molecule has 16 heavy (non-hydrogen) atoms. The molecule has 1 unspecified atom stereocenters. The molecule has 1 saturated heterocycles. The highest BCUT2D eigenvalue weighted by Gasteiger charge is 2.27. The predicted molar refractivity (Wildman–Crippen MR) is 60.5 cm³/mol. The number of hydrogen-bond donors (Lipinski definition) is 3. The first-order valence-electron chi connectivity index (χ1n) is 5.65. The Morgan fingerprint density at radius 3 is 2.75 bits per heavy atom. The van der Waals surface area contributed by atoms with Crippen LogP contribution in [0.5, 0.6) is 0 Å². The average molecular weight is 228 g/mol. The molecule has 0 saturated carbocycles. The van der Waals surface area contributed by atoms with E-state index in [0.29, 0.717) is 13.1 Å². The van der Waals surface area contributed by atoms with Crippen molar-refractivity contribution in [2.45, 2.75) is 25.3 Å². The van der Waals surface area contributed by atoms with E-state index in [1.54, 1.807) is 0 Å². The second-order valence-electron chi connectivity index (χ2n) is 4.02. The van der Waals surface area contributed by atoms with Gasteiger partial charge in [-0.05, 0) is 19.4 Å². The maximum Gasteiger partial charge on any atom is 0.234 e. The fourth-order valence-electron chi connectivity index (χ4n) is 1.95. The lowest BCUT2D eigenvalue weighted by Crippen LogP contribution is -2.51. The summed E-state index contributed by atoms with van der Waals surface area (Å²) in [5.74, 6) is -0.440. The maximum absolute atomic E-state index is 11.5. The van der Waals surface area contributed by atoms with Gasteiger partial charge in [0, 0.05) is 13.1 Å². The summed E-state index contributed by atoms with van der Waals surface area (Å²) in [6.45, 7) is 1.87. The van der Waals surface area contributed by atoms with E-state index in [-0.39, 0.29) is 24.4 Å². The molecule has 1 atom stereocenters. The third-order valence-electron chi connectivity index (χ3n) is 2.76. The van der Waals surface area contributed by atoms with E-state index in [1.807, 2.05) is 4.90 Å². The fourth-order valence-corrected chi connectivity index (χ4v) is 1.95. The standard InChI is InChI=1S/C10H20N4O2/c11-4-5-13-9(15)7-14-6-2-1-3-8(14)10(12)16/h8H,1-7,11H2,(H2,12,16)(H,13,15). The van der Waals surface area contributed by atoms with Crippen LogP contribution in [0.4, 0.5) is 0 Å². The van der Waals surface area contributed by atoms with Gasteiger partial charge < -0.3 is 16.8 Å². The van der Waals surface area contributed by atoms with Crippen LogP contribution in [0.15, 0.2) is 0 Å². The Kier molecular flexibility index (Phi) is 5.21. The molecule has 92 valence electrons. The molecule has 1 aliphatic heterocycles. The lowest BCUT2D eigenvalue weighted by Gasteiger charge is -2.32. The van der Waals surface area contributed by atoms with Gasteiger partial charge in [0.1, 0.15) is 0 Å². The van der Waals surface area contributed by atoms with E-state index >= 15 is 0 Å². The van der Waals surface area contributed by atoms with Crippen LogP contribution in [0.3, 0.4) is 0 Å². The second-order valence-corrected chi connectivity index (χ2v) is 4.02. The number of amides is 2. The summed E-state index contributed by atoms with van der Waals surface area (Å²) in [5, 5.41) is 2.68. The van der Waals surface area contributed by atoms with Crippen LogP contribution in [0.1, 0.15) is 19.3 Å². The minimum absolute atomic E-state index is 0.0985. The maximum atomic E-state index is 11.5. The number of rotatable bonds is 5. The Balaban J connectivity index is 2.43. The molecular weight excluding hydrogens is 208 g/mol. The summed E-state index contributed by atoms with van der Waals surface area (Å²) in [7, 11) is 0. The van der Waals surface area contributed by atoms with Gasteiger partial charge in [0.15, 0.2) is 0 Å². The number of primary amides is 1. The van der Waals surface area contributed by atoms with Crippen molar-refractivity contribution in [3.63, 3.8) is 0 Å². The summed E-state index contributed by atoms with van der Waals surface area (Å²) in [6.07, 6.45) is 2.75. The minimum atomic E-state index is -0.341. The number of hydrogen-bond acceptors (Lipinski definition) is 4. The highest BCUT2D eigenvalue weighted by Crippen LogP contribution is 2.15. The van der Waals surface area contributed by atoms with Gasteiger partial charge in [0.25, 0.3) is 0 Å². The number of carbonyl (C=O) groups excluding carboxylic acids is 2. The molecule has 1 rings (SSSR count). The Labute approximate surface area is 95.3 Å². The minimum Gasteiger partial charge on any atom is -0.368 e. The van der Waals surface area contributed by atoms with Gasteiger partial charge in [-0.2, -0.15) is 0 Å². The zero-order valence-corrected chi connectivity index (χ0v) is 9.45. The summed E-state index contributed by atoms with van der Waals surface area (Å²) in [6, 6.07) is -0.294. The molecular formula is C10H20N4O2. The average Bonchev–Trinajstić information content (AvgIpc) is 2.27. The van der Waals surface area contributed by atoms with Crippen molar-refractivity contribution in [1.82, 2.24) is 10.2 Å². The van der Waals surface area contributed by atoms with Crippen LogP contribution in [-0.2, 0) is 9.59 Å². The van der Waals surface area contributed by atoms with Crippen LogP contribution in [0.25, 0.3) is 0 Å². The van der Waals surface area contributed by atoms with E-state index < -0.39 is 0 Å². The van der Waals surface area contributed by atoms with Crippen LogP contribution in [-0.4, -0.2) is 48.9 Å². The molecule has 0 aromatic carbocycles. The van der Waals surface area contributed by atoms with Crippen molar-refractivity contribution < 1.29 is 9.59 Å². The Hall–Kier alpha value is -1.14. The number of piperidine rings is 1. The largest absolute Gasteiger partial charge is 0.368 e. The molecule has 6 heteroatoms. The molecule has 5 N–H and O–H groups in total. The van der Waals surface area contributed by atoms with Gasteiger partial charge in [-0.15, -0.1) is 0 Å². The van der Waals surface area contributed by atoms with Crippen LogP contribution < -0.4 is 16.8 Å². The summed E-state index contributed by atoms with van der Waals surface area (Å²) in [4.78, 5) is 24.5. The number of nitrogens with zero attached hydrogens (tertiary/aromatic N) is 1. The topological polar surface area (TPSA) is 101 Å². The van der Waals surface area contributed by atoms with Crippen LogP contribution in [0.2, 0.25) is 0 Å². The quantitative estimate of drug-likeness (QED) is 0.527. The molecule has 0 bridgehead atoms. The fraction of sp³-hybridized carbons (Fsp3) is 0.800. The molecule has 0 aromatic rings. The highest BCUT2D eigenvalue weighted by atomic mass is 16.2. The molecule has 1 fully saturated rings. The first-order valence-corrected chi connectivity index (χ1v) is 5.65. The third-order valence-corrected chi connectivity index (χ3v) is 2.76. The van der Waals surface area contributed by atoms with Gasteiger partial charge >= 0.3 is 0 Å². The van der Waals surface area contributed by atoms with Gasteiger partial charge in [0.05, 0.1) is 12.6 Å². The first-order chi connectivity index (χ1) is 7.65. The molecule has 6 nitrogen and oxygen atoms in total. The zero-order chi connectivity index (χ0) is 12.0.